The van der Waals surface area contributed by atoms with E-state index in [0.717, 1.165) is 18.4 Å². The van der Waals surface area contributed by atoms with Crippen molar-refractivity contribution >= 4 is 5.91 Å². The lowest BCUT2D eigenvalue weighted by atomic mass is 10.2. The Labute approximate surface area is 114 Å². The second kappa shape index (κ2) is 8.28. The number of nitrogens with zero attached hydrogens (tertiary/aromatic N) is 1. The molecule has 0 radical (unpaired) electrons. The van der Waals surface area contributed by atoms with Gasteiger partial charge in [-0.15, -0.1) is 0 Å². The van der Waals surface area contributed by atoms with Gasteiger partial charge in [-0.1, -0.05) is 25.2 Å². The van der Waals surface area contributed by atoms with Gasteiger partial charge in [0.2, 0.25) is 0 Å². The number of hydrogen-bond donors (Lipinski definition) is 2. The standard InChI is InChI=1S/C15H20N2O2/c1-3-6-12(2)17-15(19)14-9-8-13(11-16-14)7-4-5-10-18/h8-9,11-12,18H,3,5-6,10H2,1-2H3,(H,17,19). The summed E-state index contributed by atoms with van der Waals surface area (Å²) in [7, 11) is 0. The Bertz CT molecular complexity index is 457. The predicted molar refractivity (Wildman–Crippen MR) is 74.7 cm³/mol. The molecule has 0 aromatic carbocycles. The molecule has 4 heteroatoms. The van der Waals surface area contributed by atoms with Crippen LogP contribution < -0.4 is 5.32 Å². The van der Waals surface area contributed by atoms with Crippen LogP contribution in [0.15, 0.2) is 18.3 Å². The lowest BCUT2D eigenvalue weighted by Crippen LogP contribution is -2.32. The summed E-state index contributed by atoms with van der Waals surface area (Å²) >= 11 is 0. The molecule has 0 aliphatic carbocycles. The molecule has 1 aromatic rings. The van der Waals surface area contributed by atoms with Crippen LogP contribution in [0.1, 0.15) is 49.2 Å². The Balaban J connectivity index is 2.61. The minimum Gasteiger partial charge on any atom is -0.395 e. The number of aliphatic hydroxyl groups excluding tert-OH is 1. The highest BCUT2D eigenvalue weighted by atomic mass is 16.2. The fraction of sp³-hybridized carbons (Fsp3) is 0.467. The first-order chi connectivity index (χ1) is 9.17. The van der Waals surface area contributed by atoms with Gasteiger partial charge in [-0.05, 0) is 25.5 Å². The lowest BCUT2D eigenvalue weighted by molar-refractivity contribution is 0.0933. The zero-order chi connectivity index (χ0) is 14.1. The maximum Gasteiger partial charge on any atom is 0.270 e. The highest BCUT2D eigenvalue weighted by Gasteiger charge is 2.09. The van der Waals surface area contributed by atoms with Crippen molar-refractivity contribution in [2.45, 2.75) is 39.2 Å². The van der Waals surface area contributed by atoms with Crippen LogP contribution in [-0.4, -0.2) is 28.6 Å². The summed E-state index contributed by atoms with van der Waals surface area (Å²) in [6.45, 7) is 4.12. The normalized spacial score (nSPS) is 11.3. The molecule has 1 atom stereocenters. The number of aromatic nitrogens is 1. The highest BCUT2D eigenvalue weighted by Crippen LogP contribution is 2.01. The van der Waals surface area contributed by atoms with E-state index in [1.807, 2.05) is 6.92 Å². The van der Waals surface area contributed by atoms with Crippen molar-refractivity contribution < 1.29 is 9.90 Å². The molecule has 1 aromatic heterocycles. The molecule has 1 amide bonds. The van der Waals surface area contributed by atoms with Crippen LogP contribution in [0.3, 0.4) is 0 Å². The van der Waals surface area contributed by atoms with Gasteiger partial charge in [-0.2, -0.15) is 0 Å². The third-order valence-electron chi connectivity index (χ3n) is 2.56. The number of carbonyl (C=O) groups is 1. The van der Waals surface area contributed by atoms with Crippen molar-refractivity contribution in [1.82, 2.24) is 10.3 Å². The van der Waals surface area contributed by atoms with Crippen LogP contribution in [0.25, 0.3) is 0 Å². The van der Waals surface area contributed by atoms with Gasteiger partial charge in [-0.25, -0.2) is 4.98 Å². The molecular formula is C15H20N2O2. The van der Waals surface area contributed by atoms with Crippen molar-refractivity contribution in [2.75, 3.05) is 6.61 Å². The van der Waals surface area contributed by atoms with Crippen LogP contribution in [0.4, 0.5) is 0 Å². The Hall–Kier alpha value is -1.86. The minimum absolute atomic E-state index is 0.0518. The van der Waals surface area contributed by atoms with Crippen LogP contribution in [0.2, 0.25) is 0 Å². The Morgan fingerprint density at radius 2 is 2.32 bits per heavy atom. The SMILES string of the molecule is CCCC(C)NC(=O)c1ccc(C#CCCO)cn1. The summed E-state index contributed by atoms with van der Waals surface area (Å²) in [5.74, 6) is 5.52. The van der Waals surface area contributed by atoms with E-state index in [2.05, 4.69) is 29.1 Å². The van der Waals surface area contributed by atoms with E-state index < -0.39 is 0 Å². The Kier molecular flexibility index (Phi) is 6.62. The molecule has 1 heterocycles. The second-order valence-electron chi connectivity index (χ2n) is 4.37. The number of carbonyl (C=O) groups excluding carboxylic acids is 1. The summed E-state index contributed by atoms with van der Waals surface area (Å²) in [5.41, 5.74) is 1.14. The second-order valence-corrected chi connectivity index (χ2v) is 4.37. The summed E-state index contributed by atoms with van der Waals surface area (Å²) in [5, 5.41) is 11.5. The molecule has 0 saturated carbocycles. The molecule has 0 aliphatic heterocycles. The monoisotopic (exact) mass is 260 g/mol. The van der Waals surface area contributed by atoms with E-state index in [0.29, 0.717) is 12.1 Å². The summed E-state index contributed by atoms with van der Waals surface area (Å²) < 4.78 is 0. The van der Waals surface area contributed by atoms with E-state index in [1.54, 1.807) is 18.3 Å². The highest BCUT2D eigenvalue weighted by molar-refractivity contribution is 5.92. The van der Waals surface area contributed by atoms with Crippen molar-refractivity contribution in [2.24, 2.45) is 0 Å². The van der Waals surface area contributed by atoms with E-state index >= 15 is 0 Å². The molecule has 0 fully saturated rings. The molecule has 102 valence electrons. The zero-order valence-electron chi connectivity index (χ0n) is 11.4. The number of hydrogen-bond acceptors (Lipinski definition) is 3. The van der Waals surface area contributed by atoms with Gasteiger partial charge in [0.15, 0.2) is 0 Å². The first kappa shape index (κ1) is 15.2. The summed E-state index contributed by atoms with van der Waals surface area (Å²) in [6.07, 6.45) is 4.01. The molecule has 1 unspecified atom stereocenters. The Morgan fingerprint density at radius 1 is 1.53 bits per heavy atom. The Morgan fingerprint density at radius 3 is 2.89 bits per heavy atom. The van der Waals surface area contributed by atoms with Crippen molar-refractivity contribution in [1.29, 1.82) is 0 Å². The first-order valence-corrected chi connectivity index (χ1v) is 6.54. The first-order valence-electron chi connectivity index (χ1n) is 6.54. The summed E-state index contributed by atoms with van der Waals surface area (Å²) in [4.78, 5) is 16.0. The number of amides is 1. The molecule has 0 spiro atoms. The van der Waals surface area contributed by atoms with Gasteiger partial charge >= 0.3 is 0 Å². The molecule has 1 rings (SSSR count). The maximum atomic E-state index is 11.9. The molecular weight excluding hydrogens is 240 g/mol. The van der Waals surface area contributed by atoms with E-state index in [1.165, 1.54) is 0 Å². The lowest BCUT2D eigenvalue weighted by Gasteiger charge is -2.11. The van der Waals surface area contributed by atoms with Crippen molar-refractivity contribution in [3.05, 3.63) is 29.6 Å². The van der Waals surface area contributed by atoms with Gasteiger partial charge in [0.05, 0.1) is 6.61 Å². The fourth-order valence-electron chi connectivity index (χ4n) is 1.63. The third-order valence-corrected chi connectivity index (χ3v) is 2.56. The summed E-state index contributed by atoms with van der Waals surface area (Å²) in [6, 6.07) is 3.58. The number of pyridine rings is 1. The van der Waals surface area contributed by atoms with Gasteiger partial charge in [0, 0.05) is 24.2 Å². The molecule has 2 N–H and O–H groups in total. The molecule has 0 saturated heterocycles. The molecule has 0 bridgehead atoms. The van der Waals surface area contributed by atoms with Crippen LogP contribution in [0.5, 0.6) is 0 Å². The van der Waals surface area contributed by atoms with Crippen molar-refractivity contribution in [3.8, 4) is 11.8 Å². The maximum absolute atomic E-state index is 11.9. The zero-order valence-corrected chi connectivity index (χ0v) is 11.4. The largest absolute Gasteiger partial charge is 0.395 e. The predicted octanol–water partition coefficient (Wildman–Crippen LogP) is 1.73. The molecule has 4 nitrogen and oxygen atoms in total. The van der Waals surface area contributed by atoms with Crippen molar-refractivity contribution in [3.63, 3.8) is 0 Å². The fourth-order valence-corrected chi connectivity index (χ4v) is 1.63. The molecule has 0 aliphatic rings. The quantitative estimate of drug-likeness (QED) is 0.793. The third kappa shape index (κ3) is 5.54. The van der Waals surface area contributed by atoms with E-state index in [9.17, 15) is 4.79 Å². The van der Waals surface area contributed by atoms with Gasteiger partial charge < -0.3 is 10.4 Å². The van der Waals surface area contributed by atoms with Gasteiger partial charge in [-0.3, -0.25) is 4.79 Å². The average Bonchev–Trinajstić information content (AvgIpc) is 2.40. The molecule has 19 heavy (non-hydrogen) atoms. The van der Waals surface area contributed by atoms with E-state index in [-0.39, 0.29) is 18.6 Å². The van der Waals surface area contributed by atoms with Crippen LogP contribution in [0, 0.1) is 11.8 Å². The topological polar surface area (TPSA) is 62.2 Å². The number of aliphatic hydroxyl groups is 1. The van der Waals surface area contributed by atoms with Crippen LogP contribution in [-0.2, 0) is 0 Å². The van der Waals surface area contributed by atoms with Gasteiger partial charge in [0.1, 0.15) is 5.69 Å². The smallest absolute Gasteiger partial charge is 0.270 e. The van der Waals surface area contributed by atoms with Gasteiger partial charge in [0.25, 0.3) is 5.91 Å². The van der Waals surface area contributed by atoms with E-state index in [4.69, 9.17) is 5.11 Å². The number of nitrogens with one attached hydrogen (secondary N) is 1. The van der Waals surface area contributed by atoms with Crippen LogP contribution >= 0.6 is 0 Å². The average molecular weight is 260 g/mol. The minimum atomic E-state index is -0.157. The number of rotatable bonds is 5.